The Morgan fingerprint density at radius 1 is 1.06 bits per heavy atom. The van der Waals surface area contributed by atoms with Crippen molar-refractivity contribution in [3.8, 4) is 16.9 Å². The molecule has 1 aliphatic rings. The Labute approximate surface area is 191 Å². The third-order valence-corrected chi connectivity index (χ3v) is 5.95. The molecule has 0 saturated heterocycles. The number of nitrogens with one attached hydrogen (secondary N) is 1. The van der Waals surface area contributed by atoms with Gasteiger partial charge in [0.1, 0.15) is 11.9 Å². The molecule has 160 valence electrons. The minimum Gasteiger partial charge on any atom is -0.484 e. The summed E-state index contributed by atoms with van der Waals surface area (Å²) in [5.74, 6) is 0.421. The molecule has 0 heterocycles. The first-order valence-electron chi connectivity index (χ1n) is 10.3. The minimum atomic E-state index is -0.201. The van der Waals surface area contributed by atoms with Crippen molar-refractivity contribution in [1.82, 2.24) is 5.32 Å². The van der Waals surface area contributed by atoms with Crippen LogP contribution in [0.4, 0.5) is 0 Å². The van der Waals surface area contributed by atoms with Crippen LogP contribution in [-0.2, 0) is 6.42 Å². The molecule has 4 nitrogen and oxygen atoms in total. The van der Waals surface area contributed by atoms with Gasteiger partial charge in [-0.2, -0.15) is 0 Å². The van der Waals surface area contributed by atoms with Crippen molar-refractivity contribution in [2.45, 2.75) is 25.4 Å². The number of carbonyl (C=O) groups excluding carboxylic acids is 1. The van der Waals surface area contributed by atoms with Crippen LogP contribution >= 0.6 is 23.2 Å². The minimum absolute atomic E-state index is 0.0880. The first-order valence-corrected chi connectivity index (χ1v) is 11.0. The van der Waals surface area contributed by atoms with Crippen molar-refractivity contribution >= 4 is 29.1 Å². The van der Waals surface area contributed by atoms with Crippen molar-refractivity contribution in [3.63, 3.8) is 0 Å². The van der Waals surface area contributed by atoms with Gasteiger partial charge in [-0.15, -0.1) is 0 Å². The number of ether oxygens (including phenoxy) is 1. The van der Waals surface area contributed by atoms with E-state index >= 15 is 0 Å². The highest BCUT2D eigenvalue weighted by molar-refractivity contribution is 6.35. The van der Waals surface area contributed by atoms with Gasteiger partial charge < -0.3 is 15.2 Å². The van der Waals surface area contributed by atoms with E-state index in [0.29, 0.717) is 21.4 Å². The van der Waals surface area contributed by atoms with Gasteiger partial charge in [0.25, 0.3) is 5.91 Å². The zero-order chi connectivity index (χ0) is 21.8. The molecule has 31 heavy (non-hydrogen) atoms. The molecule has 0 radical (unpaired) electrons. The lowest BCUT2D eigenvalue weighted by atomic mass is 9.87. The van der Waals surface area contributed by atoms with Crippen molar-refractivity contribution in [2.75, 3.05) is 13.2 Å². The number of halogens is 2. The first-order chi connectivity index (χ1) is 15.0. The Balaban J connectivity index is 1.63. The molecule has 1 atom stereocenters. The molecule has 0 fully saturated rings. The maximum absolute atomic E-state index is 12.3. The predicted octanol–water partition coefficient (Wildman–Crippen LogP) is 5.84. The summed E-state index contributed by atoms with van der Waals surface area (Å²) in [5, 5.41) is 12.7. The summed E-state index contributed by atoms with van der Waals surface area (Å²) in [4.78, 5) is 12.3. The van der Waals surface area contributed by atoms with Gasteiger partial charge in [-0.05, 0) is 77.9 Å². The summed E-state index contributed by atoms with van der Waals surface area (Å²) in [6.07, 6.45) is 2.85. The van der Waals surface area contributed by atoms with Crippen LogP contribution < -0.4 is 10.1 Å². The Bertz CT molecular complexity index is 1100. The second-order valence-corrected chi connectivity index (χ2v) is 8.39. The van der Waals surface area contributed by atoms with E-state index in [0.717, 1.165) is 36.0 Å². The lowest BCUT2D eigenvalue weighted by Gasteiger charge is -2.27. The molecular weight excluding hydrogens is 433 g/mol. The van der Waals surface area contributed by atoms with Gasteiger partial charge in [0.05, 0.1) is 11.6 Å². The second-order valence-electron chi connectivity index (χ2n) is 7.55. The average molecular weight is 456 g/mol. The van der Waals surface area contributed by atoms with Gasteiger partial charge in [0.15, 0.2) is 0 Å². The number of rotatable bonds is 6. The highest BCUT2D eigenvalue weighted by Crippen LogP contribution is 2.38. The highest BCUT2D eigenvalue weighted by Gasteiger charge is 2.23. The zero-order valence-corrected chi connectivity index (χ0v) is 18.4. The topological polar surface area (TPSA) is 58.6 Å². The fourth-order valence-electron chi connectivity index (χ4n) is 3.89. The number of carbonyl (C=O) groups is 1. The maximum Gasteiger partial charge on any atom is 0.251 e. The fourth-order valence-corrected chi connectivity index (χ4v) is 4.35. The molecule has 0 spiro atoms. The maximum atomic E-state index is 12.3. The van der Waals surface area contributed by atoms with Crippen molar-refractivity contribution in [3.05, 3.63) is 87.4 Å². The molecule has 3 aromatic rings. The predicted molar refractivity (Wildman–Crippen MR) is 124 cm³/mol. The van der Waals surface area contributed by atoms with Crippen molar-refractivity contribution < 1.29 is 14.6 Å². The summed E-state index contributed by atoms with van der Waals surface area (Å²) in [7, 11) is 0. The van der Waals surface area contributed by atoms with Crippen LogP contribution in [0, 0.1) is 0 Å². The molecule has 1 unspecified atom stereocenters. The van der Waals surface area contributed by atoms with Crippen molar-refractivity contribution in [2.24, 2.45) is 0 Å². The van der Waals surface area contributed by atoms with E-state index in [9.17, 15) is 4.79 Å². The van der Waals surface area contributed by atoms with E-state index in [-0.39, 0.29) is 25.2 Å². The van der Waals surface area contributed by atoms with Gasteiger partial charge in [-0.25, -0.2) is 0 Å². The monoisotopic (exact) mass is 455 g/mol. The Hall–Kier alpha value is -2.53. The number of amides is 1. The van der Waals surface area contributed by atoms with Crippen LogP contribution in [0.2, 0.25) is 10.0 Å². The van der Waals surface area contributed by atoms with E-state index in [4.69, 9.17) is 33.0 Å². The normalized spacial score (nSPS) is 15.3. The third-order valence-electron chi connectivity index (χ3n) is 5.42. The van der Waals surface area contributed by atoms with E-state index in [1.54, 1.807) is 24.3 Å². The SMILES string of the molecule is O=C(NCCO)c1cccc(-c2ccc3c(c2)C(Oc2ccc(Cl)cc2Cl)CCC3)c1. The number of aryl methyl sites for hydroxylation is 1. The number of aliphatic hydroxyl groups excluding tert-OH is 1. The second kappa shape index (κ2) is 9.73. The summed E-state index contributed by atoms with van der Waals surface area (Å²) in [5.41, 5.74) is 4.94. The van der Waals surface area contributed by atoms with Gasteiger partial charge >= 0.3 is 0 Å². The Morgan fingerprint density at radius 3 is 2.71 bits per heavy atom. The Kier molecular flexibility index (Phi) is 6.81. The molecule has 1 amide bonds. The lowest BCUT2D eigenvalue weighted by Crippen LogP contribution is -2.26. The molecule has 2 N–H and O–H groups in total. The van der Waals surface area contributed by atoms with Crippen LogP contribution in [0.3, 0.4) is 0 Å². The van der Waals surface area contributed by atoms with E-state index in [1.807, 2.05) is 18.2 Å². The fraction of sp³-hybridized carbons (Fsp3) is 0.240. The van der Waals surface area contributed by atoms with E-state index < -0.39 is 0 Å². The van der Waals surface area contributed by atoms with Gasteiger partial charge in [-0.3, -0.25) is 4.79 Å². The van der Waals surface area contributed by atoms with E-state index in [1.165, 1.54) is 5.56 Å². The number of aliphatic hydroxyl groups is 1. The number of hydrogen-bond donors (Lipinski definition) is 2. The summed E-state index contributed by atoms with van der Waals surface area (Å²) in [6, 6.07) is 19.1. The van der Waals surface area contributed by atoms with Crippen LogP contribution in [0.1, 0.15) is 40.4 Å². The number of benzene rings is 3. The van der Waals surface area contributed by atoms with Crippen molar-refractivity contribution in [1.29, 1.82) is 0 Å². The molecule has 4 rings (SSSR count). The van der Waals surface area contributed by atoms with E-state index in [2.05, 4.69) is 23.5 Å². The average Bonchev–Trinajstić information content (AvgIpc) is 2.79. The number of fused-ring (bicyclic) bond motifs is 1. The summed E-state index contributed by atoms with van der Waals surface area (Å²) >= 11 is 12.3. The van der Waals surface area contributed by atoms with Crippen LogP contribution in [0.15, 0.2) is 60.7 Å². The smallest absolute Gasteiger partial charge is 0.251 e. The lowest BCUT2D eigenvalue weighted by molar-refractivity contribution is 0.0945. The largest absolute Gasteiger partial charge is 0.484 e. The van der Waals surface area contributed by atoms with Gasteiger partial charge in [0, 0.05) is 17.1 Å². The molecule has 1 aliphatic carbocycles. The van der Waals surface area contributed by atoms with Gasteiger partial charge in [0.2, 0.25) is 0 Å². The standard InChI is InChI=1S/C25H23Cl2NO3/c26-20-9-10-24(22(27)15-20)31-23-6-2-3-16-7-8-18(14-21(16)23)17-4-1-5-19(13-17)25(30)28-11-12-29/h1,4-5,7-10,13-15,23,29H,2-3,6,11-12H2,(H,28,30). The summed E-state index contributed by atoms with van der Waals surface area (Å²) < 4.78 is 6.29. The summed E-state index contributed by atoms with van der Waals surface area (Å²) in [6.45, 7) is 0.142. The molecule has 0 aromatic heterocycles. The van der Waals surface area contributed by atoms with Gasteiger partial charge in [-0.1, -0.05) is 47.5 Å². The van der Waals surface area contributed by atoms with Crippen LogP contribution in [0.5, 0.6) is 5.75 Å². The first kappa shape index (κ1) is 21.7. The molecule has 0 aliphatic heterocycles. The quantitative estimate of drug-likeness (QED) is 0.490. The number of hydrogen-bond acceptors (Lipinski definition) is 3. The Morgan fingerprint density at radius 2 is 1.90 bits per heavy atom. The molecule has 3 aromatic carbocycles. The molecule has 0 saturated carbocycles. The van der Waals surface area contributed by atoms with Crippen LogP contribution in [-0.4, -0.2) is 24.2 Å². The highest BCUT2D eigenvalue weighted by atomic mass is 35.5. The zero-order valence-electron chi connectivity index (χ0n) is 16.9. The van der Waals surface area contributed by atoms with Crippen LogP contribution in [0.25, 0.3) is 11.1 Å². The molecule has 0 bridgehead atoms. The molecule has 6 heteroatoms. The molecular formula is C25H23Cl2NO3. The third kappa shape index (κ3) is 5.04.